The summed E-state index contributed by atoms with van der Waals surface area (Å²) in [6, 6.07) is 0.0840. The van der Waals surface area contributed by atoms with Crippen LogP contribution in [0.5, 0.6) is 0 Å². The standard InChI is InChI=1S/C16H31N3O/c1-4-14(18(5-2)6-3)15(20)19-11-8-16(9-12-19)7-10-17-13-16/h14,17H,4-13H2,1-3H3. The molecule has 1 spiro atoms. The van der Waals surface area contributed by atoms with E-state index in [1.165, 1.54) is 19.3 Å². The molecule has 1 N–H and O–H groups in total. The van der Waals surface area contributed by atoms with E-state index in [-0.39, 0.29) is 6.04 Å². The van der Waals surface area contributed by atoms with Crippen LogP contribution >= 0.6 is 0 Å². The highest BCUT2D eigenvalue weighted by Gasteiger charge is 2.39. The van der Waals surface area contributed by atoms with Crippen molar-refractivity contribution >= 4 is 5.91 Å². The van der Waals surface area contributed by atoms with E-state index in [4.69, 9.17) is 0 Å². The zero-order chi connectivity index (χ0) is 14.6. The molecule has 2 rings (SSSR count). The van der Waals surface area contributed by atoms with Crippen LogP contribution in [0.3, 0.4) is 0 Å². The van der Waals surface area contributed by atoms with Crippen molar-refractivity contribution in [3.63, 3.8) is 0 Å². The summed E-state index contributed by atoms with van der Waals surface area (Å²) in [5.74, 6) is 0.358. The Balaban J connectivity index is 1.92. The predicted octanol–water partition coefficient (Wildman–Crippen LogP) is 1.71. The molecule has 116 valence electrons. The molecule has 1 unspecified atom stereocenters. The minimum Gasteiger partial charge on any atom is -0.341 e. The van der Waals surface area contributed by atoms with Gasteiger partial charge in [0.1, 0.15) is 0 Å². The maximum absolute atomic E-state index is 12.8. The number of likely N-dealkylation sites (N-methyl/N-ethyl adjacent to an activating group) is 1. The third-order valence-corrected chi connectivity index (χ3v) is 5.39. The Morgan fingerprint density at radius 2 is 1.85 bits per heavy atom. The van der Waals surface area contributed by atoms with Gasteiger partial charge in [-0.1, -0.05) is 20.8 Å². The first-order chi connectivity index (χ1) is 9.65. The Morgan fingerprint density at radius 1 is 1.20 bits per heavy atom. The van der Waals surface area contributed by atoms with E-state index < -0.39 is 0 Å². The van der Waals surface area contributed by atoms with Crippen LogP contribution in [-0.2, 0) is 4.79 Å². The van der Waals surface area contributed by atoms with Gasteiger partial charge >= 0.3 is 0 Å². The maximum atomic E-state index is 12.8. The number of rotatable bonds is 5. The SMILES string of the molecule is CCC(C(=O)N1CCC2(CCNC2)CC1)N(CC)CC. The number of nitrogens with one attached hydrogen (secondary N) is 1. The Labute approximate surface area is 123 Å². The summed E-state index contributed by atoms with van der Waals surface area (Å²) >= 11 is 0. The Hall–Kier alpha value is -0.610. The Bertz CT molecular complexity index is 312. The van der Waals surface area contributed by atoms with E-state index in [2.05, 4.69) is 35.9 Å². The first-order valence-electron chi connectivity index (χ1n) is 8.39. The summed E-state index contributed by atoms with van der Waals surface area (Å²) < 4.78 is 0. The van der Waals surface area contributed by atoms with Gasteiger partial charge in [-0.25, -0.2) is 0 Å². The summed E-state index contributed by atoms with van der Waals surface area (Å²) in [5.41, 5.74) is 0.494. The topological polar surface area (TPSA) is 35.6 Å². The third kappa shape index (κ3) is 3.17. The summed E-state index contributed by atoms with van der Waals surface area (Å²) in [7, 11) is 0. The van der Waals surface area contributed by atoms with Crippen LogP contribution in [0.25, 0.3) is 0 Å². The highest BCUT2D eigenvalue weighted by molar-refractivity contribution is 5.82. The highest BCUT2D eigenvalue weighted by atomic mass is 16.2. The predicted molar refractivity (Wildman–Crippen MR) is 82.7 cm³/mol. The van der Waals surface area contributed by atoms with Crippen molar-refractivity contribution in [1.82, 2.24) is 15.1 Å². The molecule has 1 atom stereocenters. The number of amides is 1. The molecular weight excluding hydrogens is 250 g/mol. The molecule has 0 radical (unpaired) electrons. The maximum Gasteiger partial charge on any atom is 0.239 e. The first kappa shape index (κ1) is 15.8. The zero-order valence-electron chi connectivity index (χ0n) is 13.5. The van der Waals surface area contributed by atoms with E-state index in [9.17, 15) is 4.79 Å². The monoisotopic (exact) mass is 281 g/mol. The number of carbonyl (C=O) groups is 1. The molecule has 0 aliphatic carbocycles. The van der Waals surface area contributed by atoms with Crippen molar-refractivity contribution in [2.45, 2.75) is 52.5 Å². The van der Waals surface area contributed by atoms with Gasteiger partial charge in [0.15, 0.2) is 0 Å². The second kappa shape index (κ2) is 6.90. The van der Waals surface area contributed by atoms with Crippen LogP contribution in [-0.4, -0.2) is 61.0 Å². The van der Waals surface area contributed by atoms with Crippen molar-refractivity contribution in [3.05, 3.63) is 0 Å². The molecule has 1 amide bonds. The molecule has 0 saturated carbocycles. The number of hydrogen-bond acceptors (Lipinski definition) is 3. The largest absolute Gasteiger partial charge is 0.341 e. The van der Waals surface area contributed by atoms with Gasteiger partial charge < -0.3 is 10.2 Å². The number of nitrogens with zero attached hydrogens (tertiary/aromatic N) is 2. The molecule has 2 saturated heterocycles. The van der Waals surface area contributed by atoms with Crippen LogP contribution in [0.1, 0.15) is 46.5 Å². The van der Waals surface area contributed by atoms with E-state index in [1.807, 2.05) is 0 Å². The number of piperidine rings is 1. The number of carbonyl (C=O) groups excluding carboxylic acids is 1. The summed E-state index contributed by atoms with van der Waals surface area (Å²) in [4.78, 5) is 17.2. The number of likely N-dealkylation sites (tertiary alicyclic amines) is 1. The van der Waals surface area contributed by atoms with E-state index in [1.54, 1.807) is 0 Å². The van der Waals surface area contributed by atoms with Gasteiger partial charge in [-0.2, -0.15) is 0 Å². The van der Waals surface area contributed by atoms with Crippen LogP contribution in [0, 0.1) is 5.41 Å². The van der Waals surface area contributed by atoms with Crippen LogP contribution < -0.4 is 5.32 Å². The summed E-state index contributed by atoms with van der Waals surface area (Å²) in [6.07, 6.45) is 4.58. The molecule has 4 heteroatoms. The fraction of sp³-hybridized carbons (Fsp3) is 0.938. The first-order valence-corrected chi connectivity index (χ1v) is 8.39. The molecule has 2 aliphatic heterocycles. The second-order valence-electron chi connectivity index (χ2n) is 6.40. The average molecular weight is 281 g/mol. The van der Waals surface area contributed by atoms with Gasteiger partial charge in [0.05, 0.1) is 6.04 Å². The Morgan fingerprint density at radius 3 is 2.30 bits per heavy atom. The highest BCUT2D eigenvalue weighted by Crippen LogP contribution is 2.37. The van der Waals surface area contributed by atoms with Gasteiger partial charge in [-0.3, -0.25) is 9.69 Å². The van der Waals surface area contributed by atoms with Gasteiger partial charge in [0.25, 0.3) is 0 Å². The molecule has 20 heavy (non-hydrogen) atoms. The van der Waals surface area contributed by atoms with Gasteiger partial charge in [-0.15, -0.1) is 0 Å². The van der Waals surface area contributed by atoms with Gasteiger partial charge in [0, 0.05) is 19.6 Å². The van der Waals surface area contributed by atoms with Gasteiger partial charge in [-0.05, 0) is 50.7 Å². The van der Waals surface area contributed by atoms with E-state index in [0.717, 1.165) is 45.7 Å². The molecule has 0 aromatic carbocycles. The van der Waals surface area contributed by atoms with Crippen molar-refractivity contribution in [3.8, 4) is 0 Å². The molecule has 2 aliphatic rings. The zero-order valence-corrected chi connectivity index (χ0v) is 13.5. The van der Waals surface area contributed by atoms with Crippen molar-refractivity contribution in [1.29, 1.82) is 0 Å². The molecule has 0 aromatic heterocycles. The Kier molecular flexibility index (Phi) is 5.44. The van der Waals surface area contributed by atoms with Crippen molar-refractivity contribution in [2.75, 3.05) is 39.3 Å². The third-order valence-electron chi connectivity index (χ3n) is 5.39. The lowest BCUT2D eigenvalue weighted by Gasteiger charge is -2.41. The second-order valence-corrected chi connectivity index (χ2v) is 6.40. The van der Waals surface area contributed by atoms with Crippen LogP contribution in [0.4, 0.5) is 0 Å². The van der Waals surface area contributed by atoms with Crippen molar-refractivity contribution in [2.24, 2.45) is 5.41 Å². The van der Waals surface area contributed by atoms with E-state index >= 15 is 0 Å². The lowest BCUT2D eigenvalue weighted by molar-refractivity contribution is -0.139. The van der Waals surface area contributed by atoms with E-state index in [0.29, 0.717) is 11.3 Å². The van der Waals surface area contributed by atoms with Crippen LogP contribution in [0.2, 0.25) is 0 Å². The summed E-state index contributed by atoms with van der Waals surface area (Å²) in [5, 5.41) is 3.49. The fourth-order valence-electron chi connectivity index (χ4n) is 3.89. The van der Waals surface area contributed by atoms with Crippen LogP contribution in [0.15, 0.2) is 0 Å². The fourth-order valence-corrected chi connectivity index (χ4v) is 3.89. The lowest BCUT2D eigenvalue weighted by Crippen LogP contribution is -2.52. The molecule has 2 fully saturated rings. The minimum absolute atomic E-state index is 0.0840. The molecule has 0 bridgehead atoms. The molecule has 0 aromatic rings. The number of hydrogen-bond donors (Lipinski definition) is 1. The smallest absolute Gasteiger partial charge is 0.239 e. The van der Waals surface area contributed by atoms with Gasteiger partial charge in [0.2, 0.25) is 5.91 Å². The minimum atomic E-state index is 0.0840. The van der Waals surface area contributed by atoms with Crippen molar-refractivity contribution < 1.29 is 4.79 Å². The summed E-state index contributed by atoms with van der Waals surface area (Å²) in [6.45, 7) is 12.6. The molecular formula is C16H31N3O. The average Bonchev–Trinajstić information content (AvgIpc) is 2.93. The quantitative estimate of drug-likeness (QED) is 0.833. The molecule has 2 heterocycles. The molecule has 4 nitrogen and oxygen atoms in total. The lowest BCUT2D eigenvalue weighted by atomic mass is 9.77. The normalized spacial score (nSPS) is 23.5.